The Morgan fingerprint density at radius 3 is 1.98 bits per heavy atom. The van der Waals surface area contributed by atoms with Gasteiger partial charge in [-0.05, 0) is 56.0 Å². The number of ether oxygens (including phenoxy) is 1. The van der Waals surface area contributed by atoms with Crippen LogP contribution in [-0.4, -0.2) is 12.5 Å². The van der Waals surface area contributed by atoms with E-state index in [0.29, 0.717) is 6.54 Å². The van der Waals surface area contributed by atoms with Crippen LogP contribution in [0.15, 0.2) is 48.1 Å². The number of rotatable bonds is 19. The molecule has 0 saturated carbocycles. The van der Waals surface area contributed by atoms with E-state index in [-0.39, 0.29) is 22.9 Å². The molecule has 0 aliphatic heterocycles. The predicted octanol–water partition coefficient (Wildman–Crippen LogP) is 6.65. The van der Waals surface area contributed by atoms with Crippen LogP contribution >= 0.6 is 11.3 Å². The quantitative estimate of drug-likeness (QED) is 0.107. The predicted molar refractivity (Wildman–Crippen MR) is 174 cm³/mol. The molecule has 0 fully saturated rings. The fraction of sp³-hybridized carbons (Fsp3) is 0.556. The van der Waals surface area contributed by atoms with Gasteiger partial charge < -0.3 is 26.6 Å². The highest BCUT2D eigenvalue weighted by atomic mass is 79.9. The maximum absolute atomic E-state index is 12.7. The van der Waals surface area contributed by atoms with E-state index < -0.39 is 0 Å². The summed E-state index contributed by atoms with van der Waals surface area (Å²) in [5.41, 5.74) is 7.66. The number of aromatic nitrogens is 1. The van der Waals surface area contributed by atoms with Gasteiger partial charge >= 0.3 is 0 Å². The second-order valence-corrected chi connectivity index (χ2v) is 12.8. The number of aryl methyl sites for hydroxylation is 3. The summed E-state index contributed by atoms with van der Waals surface area (Å²) in [5.74, 6) is 1.04. The number of thiazole rings is 1. The molecule has 42 heavy (non-hydrogen) atoms. The molecule has 6 heteroatoms. The van der Waals surface area contributed by atoms with Crippen LogP contribution in [0.5, 0.6) is 5.75 Å². The van der Waals surface area contributed by atoms with Crippen LogP contribution in [0.4, 0.5) is 5.69 Å². The van der Waals surface area contributed by atoms with E-state index in [1.807, 2.05) is 17.0 Å². The molecule has 0 aliphatic rings. The van der Waals surface area contributed by atoms with E-state index in [2.05, 4.69) is 68.2 Å². The molecule has 232 valence electrons. The molecule has 1 aromatic heterocycles. The van der Waals surface area contributed by atoms with Gasteiger partial charge in [0.1, 0.15) is 5.75 Å². The number of anilines is 1. The highest BCUT2D eigenvalue weighted by Gasteiger charge is 2.16. The molecule has 0 spiro atoms. The van der Waals surface area contributed by atoms with Crippen LogP contribution in [0, 0.1) is 20.8 Å². The van der Waals surface area contributed by atoms with Crippen molar-refractivity contribution in [2.24, 2.45) is 0 Å². The number of nitrogens with zero attached hydrogens (tertiary/aromatic N) is 2. The summed E-state index contributed by atoms with van der Waals surface area (Å²) in [7, 11) is 0. The average Bonchev–Trinajstić information content (AvgIpc) is 3.35. The van der Waals surface area contributed by atoms with Gasteiger partial charge in [0.15, 0.2) is 12.7 Å². The highest BCUT2D eigenvalue weighted by Crippen LogP contribution is 2.27. The van der Waals surface area contributed by atoms with E-state index in [0.717, 1.165) is 47.7 Å². The third-order valence-electron chi connectivity index (χ3n) is 7.79. The minimum Gasteiger partial charge on any atom is -1.00 e. The average molecular weight is 658 g/mol. The Balaban J connectivity index is 0.00000616. The number of carbonyl (C=O) groups is 1. The molecule has 0 saturated heterocycles. The van der Waals surface area contributed by atoms with Gasteiger partial charge in [-0.1, -0.05) is 113 Å². The third-order valence-corrected chi connectivity index (χ3v) is 8.65. The Kier molecular flexibility index (Phi) is 17.1. The molecule has 0 radical (unpaired) electrons. The maximum Gasteiger partial charge on any atom is 0.225 e. The van der Waals surface area contributed by atoms with Crippen molar-refractivity contribution in [1.82, 2.24) is 0 Å². The van der Waals surface area contributed by atoms with Gasteiger partial charge in [0.2, 0.25) is 11.4 Å². The van der Waals surface area contributed by atoms with Gasteiger partial charge in [-0.2, -0.15) is 4.57 Å². The van der Waals surface area contributed by atoms with Crippen molar-refractivity contribution in [2.45, 2.75) is 125 Å². The van der Waals surface area contributed by atoms with Gasteiger partial charge in [-0.15, -0.1) is 0 Å². The van der Waals surface area contributed by atoms with E-state index in [1.165, 1.54) is 81.1 Å². The maximum atomic E-state index is 12.7. The monoisotopic (exact) mass is 656 g/mol. The summed E-state index contributed by atoms with van der Waals surface area (Å²) < 4.78 is 8.44. The van der Waals surface area contributed by atoms with Crippen LogP contribution in [0.2, 0.25) is 0 Å². The number of unbranched alkanes of at least 4 members (excludes halogenated alkanes) is 11. The largest absolute Gasteiger partial charge is 1.00 e. The summed E-state index contributed by atoms with van der Waals surface area (Å²) in [5, 5.41) is 0. The zero-order chi connectivity index (χ0) is 29.5. The van der Waals surface area contributed by atoms with Crippen molar-refractivity contribution in [3.63, 3.8) is 0 Å². The van der Waals surface area contributed by atoms with Crippen LogP contribution in [-0.2, 0) is 17.9 Å². The van der Waals surface area contributed by atoms with Crippen molar-refractivity contribution >= 4 is 22.9 Å². The molecule has 0 N–H and O–H groups in total. The lowest BCUT2D eigenvalue weighted by Gasteiger charge is -2.23. The zero-order valence-corrected chi connectivity index (χ0v) is 29.1. The SMILES string of the molecule is CCCCCCCCCCCCCCOc1c(C)cc(CN(C(C)=O)c2cccc(C[n+]3csc(C)c3)c2)cc1C.[Br-]. The molecule has 1 heterocycles. The van der Waals surface area contributed by atoms with Gasteiger partial charge in [-0.3, -0.25) is 4.79 Å². The lowest BCUT2D eigenvalue weighted by atomic mass is 10.0. The molecule has 3 rings (SSSR count). The topological polar surface area (TPSA) is 33.4 Å². The first-order valence-electron chi connectivity index (χ1n) is 15.9. The first-order valence-corrected chi connectivity index (χ1v) is 16.8. The first kappa shape index (κ1) is 36.0. The molecule has 0 atom stereocenters. The minimum atomic E-state index is 0. The standard InChI is InChI=1S/C36H53N2O2S.BrH/c1-6-7-8-9-10-11-12-13-14-15-16-17-21-40-36-29(2)22-34(23-30(36)3)27-38(32(5)39)35-20-18-19-33(24-35)26-37-25-31(4)41-28-37;/h18-20,22-25,28H,6-17,21,26-27H2,1-5H3;1H/q+1;/p-1. The van der Waals surface area contributed by atoms with E-state index in [1.54, 1.807) is 18.3 Å². The van der Waals surface area contributed by atoms with Gasteiger partial charge in [-0.25, -0.2) is 0 Å². The van der Waals surface area contributed by atoms with Crippen LogP contribution in [0.25, 0.3) is 0 Å². The fourth-order valence-corrected chi connectivity index (χ4v) is 6.24. The number of benzene rings is 2. The second-order valence-electron chi connectivity index (χ2n) is 11.7. The van der Waals surface area contributed by atoms with Gasteiger partial charge in [0.05, 0.1) is 18.0 Å². The van der Waals surface area contributed by atoms with Crippen molar-refractivity contribution in [3.05, 3.63) is 75.2 Å². The summed E-state index contributed by atoms with van der Waals surface area (Å²) in [4.78, 5) is 15.9. The normalized spacial score (nSPS) is 10.9. The molecular weight excluding hydrogens is 604 g/mol. The Morgan fingerprint density at radius 2 is 1.43 bits per heavy atom. The Morgan fingerprint density at radius 1 is 0.833 bits per heavy atom. The number of hydrogen-bond acceptors (Lipinski definition) is 3. The molecule has 0 unspecified atom stereocenters. The van der Waals surface area contributed by atoms with Crippen molar-refractivity contribution < 1.29 is 31.1 Å². The van der Waals surface area contributed by atoms with Crippen molar-refractivity contribution in [2.75, 3.05) is 11.5 Å². The molecule has 3 aromatic rings. The van der Waals surface area contributed by atoms with Gasteiger partial charge in [0.25, 0.3) is 0 Å². The molecule has 2 aromatic carbocycles. The van der Waals surface area contributed by atoms with Crippen LogP contribution < -0.4 is 31.2 Å². The fourth-order valence-electron chi connectivity index (χ4n) is 5.60. The minimum absolute atomic E-state index is 0. The van der Waals surface area contributed by atoms with Gasteiger partial charge in [0, 0.05) is 18.2 Å². The number of halogens is 1. The highest BCUT2D eigenvalue weighted by molar-refractivity contribution is 7.09. The van der Waals surface area contributed by atoms with Crippen LogP contribution in [0.3, 0.4) is 0 Å². The summed E-state index contributed by atoms with van der Waals surface area (Å²) in [6.45, 7) is 12.4. The van der Waals surface area contributed by atoms with E-state index in [9.17, 15) is 4.79 Å². The Labute approximate surface area is 270 Å². The summed E-state index contributed by atoms with van der Waals surface area (Å²) >= 11 is 1.75. The molecular formula is C36H53BrN2O2S. The van der Waals surface area contributed by atoms with Crippen molar-refractivity contribution in [3.8, 4) is 5.75 Å². The Bertz CT molecular complexity index is 1190. The Hall–Kier alpha value is -2.18. The van der Waals surface area contributed by atoms with E-state index in [4.69, 9.17) is 4.74 Å². The molecule has 4 nitrogen and oxygen atoms in total. The lowest BCUT2D eigenvalue weighted by Crippen LogP contribution is -3.00. The zero-order valence-electron chi connectivity index (χ0n) is 26.7. The van der Waals surface area contributed by atoms with Crippen molar-refractivity contribution in [1.29, 1.82) is 0 Å². The smallest absolute Gasteiger partial charge is 0.225 e. The lowest BCUT2D eigenvalue weighted by molar-refractivity contribution is -0.683. The van der Waals surface area contributed by atoms with E-state index >= 15 is 0 Å². The van der Waals surface area contributed by atoms with Crippen LogP contribution in [0.1, 0.15) is 118 Å². The molecule has 0 bridgehead atoms. The summed E-state index contributed by atoms with van der Waals surface area (Å²) in [6, 6.07) is 12.7. The summed E-state index contributed by atoms with van der Waals surface area (Å²) in [6.07, 6.45) is 18.3. The molecule has 1 amide bonds. The third kappa shape index (κ3) is 12.6. The number of carbonyl (C=O) groups excluding carboxylic acids is 1. The number of hydrogen-bond donors (Lipinski definition) is 0. The number of amides is 1. The molecule has 0 aliphatic carbocycles. The second kappa shape index (κ2) is 19.9. The first-order chi connectivity index (χ1) is 19.9.